The van der Waals surface area contributed by atoms with Gasteiger partial charge in [0.15, 0.2) is 0 Å². The number of hydrogen-bond acceptors (Lipinski definition) is 4. The van der Waals surface area contributed by atoms with Crippen molar-refractivity contribution in [2.75, 3.05) is 6.61 Å². The highest BCUT2D eigenvalue weighted by molar-refractivity contribution is 6.03. The van der Waals surface area contributed by atoms with Gasteiger partial charge in [-0.1, -0.05) is 31.5 Å². The molecular formula is C25H21FN2O3. The number of unbranched alkanes of at least 4 members (excludes halogenated alkanes) is 1. The predicted octanol–water partition coefficient (Wildman–Crippen LogP) is 5.98. The van der Waals surface area contributed by atoms with Crippen LogP contribution in [0.15, 0.2) is 66.9 Å². The van der Waals surface area contributed by atoms with E-state index in [0.29, 0.717) is 23.5 Å². The van der Waals surface area contributed by atoms with Gasteiger partial charge in [-0.2, -0.15) is 0 Å². The number of fused-ring (bicyclic) bond motifs is 1. The molecule has 0 saturated carbocycles. The van der Waals surface area contributed by atoms with Gasteiger partial charge in [0.25, 0.3) is 0 Å². The highest BCUT2D eigenvalue weighted by atomic mass is 19.1. The lowest BCUT2D eigenvalue weighted by Gasteiger charge is -2.09. The summed E-state index contributed by atoms with van der Waals surface area (Å²) in [7, 11) is 0. The van der Waals surface area contributed by atoms with Crippen molar-refractivity contribution in [3.63, 3.8) is 0 Å². The Morgan fingerprint density at radius 3 is 2.45 bits per heavy atom. The monoisotopic (exact) mass is 416 g/mol. The number of halogens is 1. The van der Waals surface area contributed by atoms with Crippen LogP contribution < -0.4 is 4.74 Å². The van der Waals surface area contributed by atoms with E-state index >= 15 is 0 Å². The summed E-state index contributed by atoms with van der Waals surface area (Å²) in [6.07, 6.45) is 3.83. The molecule has 0 aliphatic rings. The molecule has 5 nitrogen and oxygen atoms in total. The minimum Gasteiger partial charge on any atom is -0.494 e. The Kier molecular flexibility index (Phi) is 5.89. The fraction of sp³-hybridized carbons (Fsp3) is 0.160. The lowest BCUT2D eigenvalue weighted by Crippen LogP contribution is -2.01. The number of carboxylic acids is 1. The zero-order valence-corrected chi connectivity index (χ0v) is 17.0. The molecule has 0 saturated heterocycles. The van der Waals surface area contributed by atoms with E-state index in [-0.39, 0.29) is 10.9 Å². The minimum absolute atomic E-state index is 0.0101. The lowest BCUT2D eigenvalue weighted by molar-refractivity contribution is 0.0699. The second kappa shape index (κ2) is 8.92. The van der Waals surface area contributed by atoms with Crippen molar-refractivity contribution in [2.45, 2.75) is 19.8 Å². The van der Waals surface area contributed by atoms with E-state index in [1.807, 2.05) is 30.3 Å². The van der Waals surface area contributed by atoms with Crippen LogP contribution in [0, 0.1) is 5.82 Å². The Balaban J connectivity index is 1.61. The molecule has 0 atom stereocenters. The van der Waals surface area contributed by atoms with Crippen LogP contribution in [0.25, 0.3) is 33.4 Å². The number of aromatic nitrogens is 2. The van der Waals surface area contributed by atoms with Gasteiger partial charge in [0.1, 0.15) is 11.6 Å². The summed E-state index contributed by atoms with van der Waals surface area (Å²) >= 11 is 0. The number of aromatic carboxylic acids is 1. The molecule has 1 N–H and O–H groups in total. The maximum Gasteiger partial charge on any atom is 0.336 e. The van der Waals surface area contributed by atoms with Crippen LogP contribution in [-0.4, -0.2) is 27.7 Å². The molecule has 0 radical (unpaired) electrons. The fourth-order valence-electron chi connectivity index (χ4n) is 3.30. The second-order valence-corrected chi connectivity index (χ2v) is 7.18. The predicted molar refractivity (Wildman–Crippen MR) is 118 cm³/mol. The summed E-state index contributed by atoms with van der Waals surface area (Å²) in [4.78, 5) is 20.6. The van der Waals surface area contributed by atoms with Crippen molar-refractivity contribution in [1.29, 1.82) is 0 Å². The molecule has 0 amide bonds. The molecule has 31 heavy (non-hydrogen) atoms. The first kappa shape index (κ1) is 20.5. The molecule has 0 fully saturated rings. The van der Waals surface area contributed by atoms with E-state index in [4.69, 9.17) is 4.74 Å². The summed E-state index contributed by atoms with van der Waals surface area (Å²) in [5.74, 6) is -0.814. The van der Waals surface area contributed by atoms with Crippen LogP contribution in [0.4, 0.5) is 4.39 Å². The molecule has 0 aliphatic carbocycles. The SMILES string of the molecule is CCCCOc1ccc(-c2ccc(-c3cc(C(=O)O)c4cc(F)ccc4n3)nc2)cc1. The first-order valence-electron chi connectivity index (χ1n) is 10.1. The van der Waals surface area contributed by atoms with Gasteiger partial charge in [0.2, 0.25) is 0 Å². The van der Waals surface area contributed by atoms with Crippen molar-refractivity contribution in [2.24, 2.45) is 0 Å². The van der Waals surface area contributed by atoms with Gasteiger partial charge in [0.05, 0.1) is 29.1 Å². The maximum atomic E-state index is 13.6. The van der Waals surface area contributed by atoms with Crippen LogP contribution in [0.1, 0.15) is 30.1 Å². The lowest BCUT2D eigenvalue weighted by atomic mass is 10.0. The number of pyridine rings is 2. The van der Waals surface area contributed by atoms with Crippen LogP contribution in [0.2, 0.25) is 0 Å². The number of benzene rings is 2. The van der Waals surface area contributed by atoms with Gasteiger partial charge in [0, 0.05) is 17.1 Å². The molecule has 0 aliphatic heterocycles. The van der Waals surface area contributed by atoms with Crippen molar-refractivity contribution in [3.05, 3.63) is 78.2 Å². The highest BCUT2D eigenvalue weighted by Gasteiger charge is 2.14. The van der Waals surface area contributed by atoms with Crippen LogP contribution in [0.3, 0.4) is 0 Å². The summed E-state index contributed by atoms with van der Waals surface area (Å²) in [6.45, 7) is 2.83. The number of carbonyl (C=O) groups is 1. The second-order valence-electron chi connectivity index (χ2n) is 7.18. The number of rotatable bonds is 7. The number of hydrogen-bond donors (Lipinski definition) is 1. The molecule has 6 heteroatoms. The molecule has 2 aromatic heterocycles. The molecule has 2 aromatic carbocycles. The Hall–Kier alpha value is -3.80. The number of ether oxygens (including phenoxy) is 1. The molecule has 0 unspecified atom stereocenters. The minimum atomic E-state index is -1.14. The van der Waals surface area contributed by atoms with E-state index in [0.717, 1.165) is 29.7 Å². The third-order valence-corrected chi connectivity index (χ3v) is 4.98. The number of nitrogens with zero attached hydrogens (tertiary/aromatic N) is 2. The van der Waals surface area contributed by atoms with E-state index in [1.54, 1.807) is 12.3 Å². The molecule has 4 rings (SSSR count). The summed E-state index contributed by atoms with van der Waals surface area (Å²) in [6, 6.07) is 16.9. The van der Waals surface area contributed by atoms with Crippen LogP contribution >= 0.6 is 0 Å². The van der Waals surface area contributed by atoms with E-state index < -0.39 is 11.8 Å². The first-order chi connectivity index (χ1) is 15.0. The zero-order valence-electron chi connectivity index (χ0n) is 17.0. The molecule has 2 heterocycles. The van der Waals surface area contributed by atoms with Crippen LogP contribution in [-0.2, 0) is 0 Å². The van der Waals surface area contributed by atoms with Crippen molar-refractivity contribution < 1.29 is 19.0 Å². The van der Waals surface area contributed by atoms with E-state index in [1.165, 1.54) is 24.3 Å². The highest BCUT2D eigenvalue weighted by Crippen LogP contribution is 2.27. The van der Waals surface area contributed by atoms with Gasteiger partial charge in [-0.05, 0) is 54.4 Å². The van der Waals surface area contributed by atoms with E-state index in [2.05, 4.69) is 16.9 Å². The Bertz CT molecular complexity index is 1220. The first-order valence-corrected chi connectivity index (χ1v) is 10.1. The zero-order chi connectivity index (χ0) is 21.8. The van der Waals surface area contributed by atoms with Gasteiger partial charge >= 0.3 is 5.97 Å². The average molecular weight is 416 g/mol. The molecule has 4 aromatic rings. The fourth-order valence-corrected chi connectivity index (χ4v) is 3.30. The summed E-state index contributed by atoms with van der Waals surface area (Å²) in [5.41, 5.74) is 3.27. The van der Waals surface area contributed by atoms with Crippen molar-refractivity contribution in [1.82, 2.24) is 9.97 Å². The maximum absolute atomic E-state index is 13.6. The Morgan fingerprint density at radius 1 is 1.00 bits per heavy atom. The third kappa shape index (κ3) is 4.53. The number of carboxylic acid groups (broad SMARTS) is 1. The average Bonchev–Trinajstić information content (AvgIpc) is 2.79. The quantitative estimate of drug-likeness (QED) is 0.375. The summed E-state index contributed by atoms with van der Waals surface area (Å²) in [5, 5.41) is 9.81. The van der Waals surface area contributed by atoms with Crippen molar-refractivity contribution >= 4 is 16.9 Å². The third-order valence-electron chi connectivity index (χ3n) is 4.98. The topological polar surface area (TPSA) is 72.3 Å². The largest absolute Gasteiger partial charge is 0.494 e. The van der Waals surface area contributed by atoms with Gasteiger partial charge in [-0.25, -0.2) is 14.2 Å². The standard InChI is InChI=1S/C25H21FN2O3/c1-2-3-12-31-19-8-4-16(5-9-19)17-6-10-23(27-15-17)24-14-21(25(29)30)20-13-18(26)7-11-22(20)28-24/h4-11,13-15H,2-3,12H2,1H3,(H,29,30). The Morgan fingerprint density at radius 2 is 1.77 bits per heavy atom. The smallest absolute Gasteiger partial charge is 0.336 e. The van der Waals surface area contributed by atoms with Gasteiger partial charge in [-0.15, -0.1) is 0 Å². The van der Waals surface area contributed by atoms with Crippen LogP contribution in [0.5, 0.6) is 5.75 Å². The van der Waals surface area contributed by atoms with Gasteiger partial charge in [-0.3, -0.25) is 4.98 Å². The van der Waals surface area contributed by atoms with Crippen molar-refractivity contribution in [3.8, 4) is 28.3 Å². The molecule has 0 bridgehead atoms. The normalized spacial score (nSPS) is 10.9. The molecular weight excluding hydrogens is 395 g/mol. The van der Waals surface area contributed by atoms with E-state index in [9.17, 15) is 14.3 Å². The molecule has 156 valence electrons. The van der Waals surface area contributed by atoms with Gasteiger partial charge < -0.3 is 9.84 Å². The summed E-state index contributed by atoms with van der Waals surface area (Å²) < 4.78 is 19.3. The molecule has 0 spiro atoms. The Labute approximate surface area is 179 Å².